The van der Waals surface area contributed by atoms with Crippen molar-refractivity contribution in [2.45, 2.75) is 6.54 Å². The van der Waals surface area contributed by atoms with Gasteiger partial charge in [0.25, 0.3) is 5.91 Å². The molecule has 6 heteroatoms. The highest BCUT2D eigenvalue weighted by molar-refractivity contribution is 5.94. The van der Waals surface area contributed by atoms with Crippen LogP contribution in [0.25, 0.3) is 5.69 Å². The zero-order chi connectivity index (χ0) is 20.9. The van der Waals surface area contributed by atoms with Gasteiger partial charge in [0.05, 0.1) is 14.2 Å². The second kappa shape index (κ2) is 9.05. The molecule has 6 nitrogen and oxygen atoms in total. The molecule has 2 aromatic carbocycles. The topological polar surface area (TPSA) is 46.9 Å². The number of ether oxygens (including phenoxy) is 2. The van der Waals surface area contributed by atoms with Gasteiger partial charge in [-0.3, -0.25) is 9.69 Å². The Labute approximate surface area is 177 Å². The Morgan fingerprint density at radius 1 is 0.900 bits per heavy atom. The molecule has 0 saturated carbocycles. The first kappa shape index (κ1) is 20.0. The minimum Gasteiger partial charge on any atom is -0.497 e. The van der Waals surface area contributed by atoms with Crippen LogP contribution in [0.5, 0.6) is 11.5 Å². The number of rotatable bonds is 6. The molecular weight excluding hydrogens is 378 g/mol. The van der Waals surface area contributed by atoms with E-state index in [9.17, 15) is 4.79 Å². The minimum atomic E-state index is 0.0904. The third-order valence-corrected chi connectivity index (χ3v) is 5.56. The Kier molecular flexibility index (Phi) is 6.05. The van der Waals surface area contributed by atoms with Crippen LogP contribution < -0.4 is 9.47 Å². The van der Waals surface area contributed by atoms with Gasteiger partial charge in [-0.15, -0.1) is 0 Å². The van der Waals surface area contributed by atoms with Crippen LogP contribution in [0.1, 0.15) is 15.9 Å². The number of piperazine rings is 1. The number of carbonyl (C=O) groups excluding carboxylic acids is 1. The quantitative estimate of drug-likeness (QED) is 0.630. The van der Waals surface area contributed by atoms with Crippen LogP contribution in [0.15, 0.2) is 67.0 Å². The third kappa shape index (κ3) is 4.33. The molecular formula is C24H27N3O3. The maximum absolute atomic E-state index is 12.9. The van der Waals surface area contributed by atoms with E-state index in [4.69, 9.17) is 9.47 Å². The third-order valence-electron chi connectivity index (χ3n) is 5.56. The second-order valence-electron chi connectivity index (χ2n) is 7.38. The summed E-state index contributed by atoms with van der Waals surface area (Å²) < 4.78 is 12.9. The molecule has 156 valence electrons. The first-order chi connectivity index (χ1) is 14.7. The van der Waals surface area contributed by atoms with Crippen LogP contribution in [-0.2, 0) is 6.54 Å². The Balaban J connectivity index is 1.36. The van der Waals surface area contributed by atoms with Gasteiger partial charge in [-0.25, -0.2) is 0 Å². The molecule has 1 fully saturated rings. The molecule has 1 amide bonds. The number of nitrogens with zero attached hydrogens (tertiary/aromatic N) is 3. The van der Waals surface area contributed by atoms with Gasteiger partial charge >= 0.3 is 0 Å². The summed E-state index contributed by atoms with van der Waals surface area (Å²) in [5, 5.41) is 0. The molecule has 1 aromatic heterocycles. The molecule has 0 N–H and O–H groups in total. The Morgan fingerprint density at radius 3 is 2.23 bits per heavy atom. The van der Waals surface area contributed by atoms with Crippen LogP contribution in [0.4, 0.5) is 0 Å². The Hall–Kier alpha value is -3.25. The fourth-order valence-corrected chi connectivity index (χ4v) is 3.82. The standard InChI is InChI=1S/C24H27N3O3/c1-29-22-9-10-23(30-2)20(17-22)18-25-13-15-27(16-14-25)24(28)19-5-7-21(8-6-19)26-11-3-4-12-26/h3-12,17H,13-16,18H2,1-2H3. The number of methoxy groups -OCH3 is 2. The van der Waals surface area contributed by atoms with E-state index in [0.717, 1.165) is 47.9 Å². The van der Waals surface area contributed by atoms with E-state index < -0.39 is 0 Å². The van der Waals surface area contributed by atoms with E-state index >= 15 is 0 Å². The van der Waals surface area contributed by atoms with Gasteiger partial charge in [-0.2, -0.15) is 0 Å². The van der Waals surface area contributed by atoms with E-state index in [-0.39, 0.29) is 5.91 Å². The van der Waals surface area contributed by atoms with E-state index in [1.165, 1.54) is 0 Å². The Morgan fingerprint density at radius 2 is 1.60 bits per heavy atom. The van der Waals surface area contributed by atoms with E-state index in [2.05, 4.69) is 4.90 Å². The molecule has 0 atom stereocenters. The number of hydrogen-bond acceptors (Lipinski definition) is 4. The molecule has 1 saturated heterocycles. The van der Waals surface area contributed by atoms with Crippen molar-refractivity contribution in [3.63, 3.8) is 0 Å². The SMILES string of the molecule is COc1ccc(OC)c(CN2CCN(C(=O)c3ccc(-n4cccc4)cc3)CC2)c1. The van der Waals surface area contributed by atoms with Crippen molar-refractivity contribution in [3.8, 4) is 17.2 Å². The number of hydrogen-bond donors (Lipinski definition) is 0. The predicted molar refractivity (Wildman–Crippen MR) is 116 cm³/mol. The highest BCUT2D eigenvalue weighted by atomic mass is 16.5. The first-order valence-electron chi connectivity index (χ1n) is 10.1. The van der Waals surface area contributed by atoms with Gasteiger partial charge in [0.2, 0.25) is 0 Å². The average Bonchev–Trinajstić information content (AvgIpc) is 3.34. The zero-order valence-corrected chi connectivity index (χ0v) is 17.5. The van der Waals surface area contributed by atoms with Crippen LogP contribution in [0.2, 0.25) is 0 Å². The maximum atomic E-state index is 12.9. The summed E-state index contributed by atoms with van der Waals surface area (Å²) in [4.78, 5) is 17.2. The summed E-state index contributed by atoms with van der Waals surface area (Å²) in [5.74, 6) is 1.77. The zero-order valence-electron chi connectivity index (χ0n) is 17.5. The normalized spacial score (nSPS) is 14.5. The van der Waals surface area contributed by atoms with Crippen molar-refractivity contribution in [2.75, 3.05) is 40.4 Å². The van der Waals surface area contributed by atoms with Crippen molar-refractivity contribution in [1.29, 1.82) is 0 Å². The summed E-state index contributed by atoms with van der Waals surface area (Å²) in [7, 11) is 3.35. The lowest BCUT2D eigenvalue weighted by Crippen LogP contribution is -2.48. The molecule has 4 rings (SSSR count). The minimum absolute atomic E-state index is 0.0904. The lowest BCUT2D eigenvalue weighted by molar-refractivity contribution is 0.0627. The lowest BCUT2D eigenvalue weighted by Gasteiger charge is -2.35. The smallest absolute Gasteiger partial charge is 0.253 e. The fourth-order valence-electron chi connectivity index (χ4n) is 3.82. The van der Waals surface area contributed by atoms with Crippen LogP contribution in [-0.4, -0.2) is 60.7 Å². The fraction of sp³-hybridized carbons (Fsp3) is 0.292. The van der Waals surface area contributed by atoms with Crippen molar-refractivity contribution in [3.05, 3.63) is 78.1 Å². The van der Waals surface area contributed by atoms with E-state index in [0.29, 0.717) is 13.1 Å². The maximum Gasteiger partial charge on any atom is 0.253 e. The lowest BCUT2D eigenvalue weighted by atomic mass is 10.1. The molecule has 30 heavy (non-hydrogen) atoms. The second-order valence-corrected chi connectivity index (χ2v) is 7.38. The molecule has 0 radical (unpaired) electrons. The number of benzene rings is 2. The van der Waals surface area contributed by atoms with Gasteiger partial charge in [-0.05, 0) is 54.6 Å². The average molecular weight is 405 g/mol. The van der Waals surface area contributed by atoms with Gasteiger partial charge in [0.15, 0.2) is 0 Å². The molecule has 1 aliphatic heterocycles. The summed E-state index contributed by atoms with van der Waals surface area (Å²) >= 11 is 0. The monoisotopic (exact) mass is 405 g/mol. The first-order valence-corrected chi connectivity index (χ1v) is 10.1. The largest absolute Gasteiger partial charge is 0.497 e. The van der Waals surface area contributed by atoms with Crippen molar-refractivity contribution in [2.24, 2.45) is 0 Å². The molecule has 0 unspecified atom stereocenters. The summed E-state index contributed by atoms with van der Waals surface area (Å²) in [6, 6.07) is 17.6. The van der Waals surface area contributed by atoms with E-state index in [1.807, 2.05) is 76.5 Å². The van der Waals surface area contributed by atoms with Crippen molar-refractivity contribution >= 4 is 5.91 Å². The summed E-state index contributed by atoms with van der Waals surface area (Å²) in [6.45, 7) is 3.85. The molecule has 0 spiro atoms. The van der Waals surface area contributed by atoms with Gasteiger partial charge in [-0.1, -0.05) is 0 Å². The van der Waals surface area contributed by atoms with Crippen molar-refractivity contribution < 1.29 is 14.3 Å². The number of amides is 1. The van der Waals surface area contributed by atoms with Gasteiger partial charge in [0, 0.05) is 61.9 Å². The van der Waals surface area contributed by atoms with Crippen molar-refractivity contribution in [1.82, 2.24) is 14.4 Å². The van der Waals surface area contributed by atoms with Crippen LogP contribution in [0, 0.1) is 0 Å². The Bertz CT molecular complexity index is 975. The molecule has 3 aromatic rings. The summed E-state index contributed by atoms with van der Waals surface area (Å²) in [6.07, 6.45) is 3.99. The van der Waals surface area contributed by atoms with Crippen LogP contribution in [0.3, 0.4) is 0 Å². The highest BCUT2D eigenvalue weighted by Gasteiger charge is 2.23. The molecule has 1 aliphatic rings. The van der Waals surface area contributed by atoms with E-state index in [1.54, 1.807) is 14.2 Å². The number of carbonyl (C=O) groups is 1. The van der Waals surface area contributed by atoms with Crippen LogP contribution >= 0.6 is 0 Å². The molecule has 0 bridgehead atoms. The molecule has 0 aliphatic carbocycles. The molecule has 2 heterocycles. The van der Waals surface area contributed by atoms with Gasteiger partial charge < -0.3 is 18.9 Å². The van der Waals surface area contributed by atoms with Gasteiger partial charge in [0.1, 0.15) is 11.5 Å². The predicted octanol–water partition coefficient (Wildman–Crippen LogP) is 3.45. The number of aromatic nitrogens is 1. The highest BCUT2D eigenvalue weighted by Crippen LogP contribution is 2.25. The summed E-state index contributed by atoms with van der Waals surface area (Å²) in [5.41, 5.74) is 2.87.